The molecule has 1 aromatic carbocycles. The van der Waals surface area contributed by atoms with Crippen LogP contribution < -0.4 is 4.74 Å². The monoisotopic (exact) mass is 232 g/mol. The number of carbonyl (C=O) groups excluding carboxylic acids is 1. The number of aryl methyl sites for hydroxylation is 1. The molecule has 3 rings (SSSR count). The number of Topliss-reactive ketones (excluding diaryl/α,β-unsaturated/α-hetero) is 1. The van der Waals surface area contributed by atoms with Crippen molar-refractivity contribution in [2.24, 2.45) is 0 Å². The molecule has 0 bridgehead atoms. The van der Waals surface area contributed by atoms with Crippen LogP contribution in [0.2, 0.25) is 0 Å². The molecular weight excluding hydrogens is 216 g/mol. The molecule has 0 aromatic heterocycles. The fourth-order valence-corrected chi connectivity index (χ4v) is 2.45. The second kappa shape index (κ2) is 4.49. The normalized spacial score (nSPS) is 23.5. The van der Waals surface area contributed by atoms with E-state index in [2.05, 4.69) is 0 Å². The van der Waals surface area contributed by atoms with Gasteiger partial charge in [-0.15, -0.1) is 0 Å². The quantitative estimate of drug-likeness (QED) is 0.786. The smallest absolute Gasteiger partial charge is 0.199 e. The maximum Gasteiger partial charge on any atom is 0.199 e. The van der Waals surface area contributed by atoms with Crippen LogP contribution in [0.25, 0.3) is 0 Å². The SMILES string of the molecule is O=C1CCc2ccc(OC3CCCCO3)cc21. The molecule has 90 valence electrons. The molecule has 1 unspecified atom stereocenters. The molecule has 1 heterocycles. The molecule has 0 amide bonds. The van der Waals surface area contributed by atoms with Crippen molar-refractivity contribution in [2.75, 3.05) is 6.61 Å². The number of rotatable bonds is 2. The molecule has 0 spiro atoms. The van der Waals surface area contributed by atoms with E-state index in [1.54, 1.807) is 0 Å². The van der Waals surface area contributed by atoms with E-state index in [0.29, 0.717) is 6.42 Å². The lowest BCUT2D eigenvalue weighted by Crippen LogP contribution is -2.25. The average molecular weight is 232 g/mol. The summed E-state index contributed by atoms with van der Waals surface area (Å²) < 4.78 is 11.3. The van der Waals surface area contributed by atoms with Crippen molar-refractivity contribution in [3.8, 4) is 5.75 Å². The second-order valence-electron chi connectivity index (χ2n) is 4.66. The van der Waals surface area contributed by atoms with E-state index in [-0.39, 0.29) is 12.1 Å². The summed E-state index contributed by atoms with van der Waals surface area (Å²) in [6.07, 6.45) is 4.56. The van der Waals surface area contributed by atoms with Gasteiger partial charge in [-0.1, -0.05) is 6.07 Å². The van der Waals surface area contributed by atoms with E-state index in [4.69, 9.17) is 9.47 Å². The van der Waals surface area contributed by atoms with Crippen molar-refractivity contribution < 1.29 is 14.3 Å². The first kappa shape index (κ1) is 10.8. The van der Waals surface area contributed by atoms with Gasteiger partial charge in [0.25, 0.3) is 0 Å². The molecule has 3 nitrogen and oxygen atoms in total. The summed E-state index contributed by atoms with van der Waals surface area (Å²) in [5, 5.41) is 0. The molecule has 3 heteroatoms. The lowest BCUT2D eigenvalue weighted by Gasteiger charge is -2.23. The van der Waals surface area contributed by atoms with E-state index in [9.17, 15) is 4.79 Å². The second-order valence-corrected chi connectivity index (χ2v) is 4.66. The van der Waals surface area contributed by atoms with Crippen LogP contribution in [0.15, 0.2) is 18.2 Å². The Morgan fingerprint density at radius 3 is 3.00 bits per heavy atom. The fraction of sp³-hybridized carbons (Fsp3) is 0.500. The molecule has 0 radical (unpaired) electrons. The van der Waals surface area contributed by atoms with Crippen LogP contribution in [0, 0.1) is 0 Å². The summed E-state index contributed by atoms with van der Waals surface area (Å²) in [5.41, 5.74) is 1.98. The van der Waals surface area contributed by atoms with Gasteiger partial charge in [0.2, 0.25) is 0 Å². The Bertz CT molecular complexity index is 433. The minimum Gasteiger partial charge on any atom is -0.465 e. The Hall–Kier alpha value is -1.35. The molecule has 1 saturated heterocycles. The number of benzene rings is 1. The largest absolute Gasteiger partial charge is 0.465 e. The third-order valence-corrected chi connectivity index (χ3v) is 3.41. The Morgan fingerprint density at radius 2 is 2.18 bits per heavy atom. The topological polar surface area (TPSA) is 35.5 Å². The summed E-state index contributed by atoms with van der Waals surface area (Å²) in [4.78, 5) is 11.6. The predicted octanol–water partition coefficient (Wildman–Crippen LogP) is 2.72. The van der Waals surface area contributed by atoms with Gasteiger partial charge in [0.1, 0.15) is 5.75 Å². The van der Waals surface area contributed by atoms with Crippen molar-refractivity contribution in [1.29, 1.82) is 0 Å². The van der Waals surface area contributed by atoms with Crippen LogP contribution in [-0.2, 0) is 11.2 Å². The average Bonchev–Trinajstić information content (AvgIpc) is 2.73. The van der Waals surface area contributed by atoms with Crippen LogP contribution in [-0.4, -0.2) is 18.7 Å². The highest BCUT2D eigenvalue weighted by atomic mass is 16.7. The Morgan fingerprint density at radius 1 is 1.24 bits per heavy atom. The van der Waals surface area contributed by atoms with Gasteiger partial charge in [0.05, 0.1) is 6.61 Å². The summed E-state index contributed by atoms with van der Waals surface area (Å²) in [5.74, 6) is 0.987. The number of carbonyl (C=O) groups is 1. The van der Waals surface area contributed by atoms with Crippen LogP contribution in [0.1, 0.15) is 41.6 Å². The highest BCUT2D eigenvalue weighted by Gasteiger charge is 2.21. The molecule has 0 saturated carbocycles. The number of ether oxygens (including phenoxy) is 2. The Kier molecular flexibility index (Phi) is 2.85. The van der Waals surface area contributed by atoms with Crippen molar-refractivity contribution in [3.63, 3.8) is 0 Å². The molecular formula is C14H16O3. The number of hydrogen-bond acceptors (Lipinski definition) is 3. The van der Waals surface area contributed by atoms with E-state index in [0.717, 1.165) is 49.2 Å². The van der Waals surface area contributed by atoms with Gasteiger partial charge in [-0.3, -0.25) is 4.79 Å². The van der Waals surface area contributed by atoms with Gasteiger partial charge in [-0.2, -0.15) is 0 Å². The summed E-state index contributed by atoms with van der Waals surface area (Å²) in [6.45, 7) is 0.772. The van der Waals surface area contributed by atoms with Gasteiger partial charge < -0.3 is 9.47 Å². The van der Waals surface area contributed by atoms with E-state index in [1.807, 2.05) is 18.2 Å². The Balaban J connectivity index is 1.75. The van der Waals surface area contributed by atoms with Crippen molar-refractivity contribution in [1.82, 2.24) is 0 Å². The van der Waals surface area contributed by atoms with Gasteiger partial charge in [0.15, 0.2) is 12.1 Å². The molecule has 1 fully saturated rings. The predicted molar refractivity (Wildman–Crippen MR) is 63.3 cm³/mol. The first-order valence-corrected chi connectivity index (χ1v) is 6.27. The molecule has 2 aliphatic rings. The van der Waals surface area contributed by atoms with Gasteiger partial charge in [0, 0.05) is 18.4 Å². The molecule has 1 aliphatic carbocycles. The van der Waals surface area contributed by atoms with Crippen LogP contribution in [0.3, 0.4) is 0 Å². The van der Waals surface area contributed by atoms with Crippen molar-refractivity contribution >= 4 is 5.78 Å². The number of fused-ring (bicyclic) bond motifs is 1. The van der Waals surface area contributed by atoms with E-state index < -0.39 is 0 Å². The zero-order valence-electron chi connectivity index (χ0n) is 9.78. The van der Waals surface area contributed by atoms with Crippen molar-refractivity contribution in [3.05, 3.63) is 29.3 Å². The lowest BCUT2D eigenvalue weighted by molar-refractivity contribution is -0.105. The third-order valence-electron chi connectivity index (χ3n) is 3.41. The molecule has 1 atom stereocenters. The van der Waals surface area contributed by atoms with Crippen molar-refractivity contribution in [2.45, 2.75) is 38.4 Å². The molecule has 1 aromatic rings. The van der Waals surface area contributed by atoms with Gasteiger partial charge in [-0.05, 0) is 37.0 Å². The van der Waals surface area contributed by atoms with Gasteiger partial charge in [-0.25, -0.2) is 0 Å². The summed E-state index contributed by atoms with van der Waals surface area (Å²) in [6, 6.07) is 5.80. The van der Waals surface area contributed by atoms with E-state index >= 15 is 0 Å². The zero-order valence-corrected chi connectivity index (χ0v) is 9.78. The minimum atomic E-state index is -0.140. The van der Waals surface area contributed by atoms with Crippen LogP contribution in [0.4, 0.5) is 0 Å². The summed E-state index contributed by atoms with van der Waals surface area (Å²) in [7, 11) is 0. The van der Waals surface area contributed by atoms with Crippen LogP contribution >= 0.6 is 0 Å². The first-order chi connectivity index (χ1) is 8.33. The first-order valence-electron chi connectivity index (χ1n) is 6.27. The standard InChI is InChI=1S/C14H16O3/c15-13-7-5-10-4-6-11(9-12(10)13)17-14-3-1-2-8-16-14/h4,6,9,14H,1-3,5,7-8H2. The fourth-order valence-electron chi connectivity index (χ4n) is 2.45. The number of ketones is 1. The zero-order chi connectivity index (χ0) is 11.7. The highest BCUT2D eigenvalue weighted by molar-refractivity contribution is 6.00. The molecule has 0 N–H and O–H groups in total. The summed E-state index contributed by atoms with van der Waals surface area (Å²) >= 11 is 0. The Labute approximate surface area is 101 Å². The van der Waals surface area contributed by atoms with Gasteiger partial charge >= 0.3 is 0 Å². The van der Waals surface area contributed by atoms with E-state index in [1.165, 1.54) is 0 Å². The molecule has 1 aliphatic heterocycles. The van der Waals surface area contributed by atoms with Crippen LogP contribution in [0.5, 0.6) is 5.75 Å². The third kappa shape index (κ3) is 2.20. The highest BCUT2D eigenvalue weighted by Crippen LogP contribution is 2.27. The maximum absolute atomic E-state index is 11.6. The maximum atomic E-state index is 11.6. The lowest BCUT2D eigenvalue weighted by atomic mass is 10.1. The minimum absolute atomic E-state index is 0.140. The molecule has 17 heavy (non-hydrogen) atoms. The number of hydrogen-bond donors (Lipinski definition) is 0.